The van der Waals surface area contributed by atoms with E-state index < -0.39 is 0 Å². The van der Waals surface area contributed by atoms with Gasteiger partial charge in [0.1, 0.15) is 6.61 Å². The van der Waals surface area contributed by atoms with Crippen molar-refractivity contribution < 1.29 is 14.7 Å². The lowest BCUT2D eigenvalue weighted by molar-refractivity contribution is 0.121. The Balaban J connectivity index is 2.08. The fourth-order valence-electron chi connectivity index (χ4n) is 1.63. The summed E-state index contributed by atoms with van der Waals surface area (Å²) in [5.74, 6) is 5.49. The molecule has 2 aromatic carbocycles. The van der Waals surface area contributed by atoms with Crippen molar-refractivity contribution in [2.75, 3.05) is 0 Å². The molecule has 0 aliphatic heterocycles. The van der Waals surface area contributed by atoms with E-state index in [2.05, 4.69) is 4.84 Å². The average Bonchev–Trinajstić information content (AvgIpc) is 2.41. The Hall–Kier alpha value is -2.04. The lowest BCUT2D eigenvalue weighted by atomic mass is 10.2. The van der Waals surface area contributed by atoms with Crippen LogP contribution in [0.1, 0.15) is 11.1 Å². The average molecular weight is 245 g/mol. The van der Waals surface area contributed by atoms with Crippen LogP contribution in [0.25, 0.3) is 0 Å². The fourth-order valence-corrected chi connectivity index (χ4v) is 1.63. The van der Waals surface area contributed by atoms with E-state index in [0.717, 1.165) is 5.56 Å². The van der Waals surface area contributed by atoms with Gasteiger partial charge in [-0.2, -0.15) is 0 Å². The molecule has 0 bridgehead atoms. The van der Waals surface area contributed by atoms with Crippen molar-refractivity contribution in [1.29, 1.82) is 0 Å². The van der Waals surface area contributed by atoms with Gasteiger partial charge < -0.3 is 9.84 Å². The van der Waals surface area contributed by atoms with Crippen LogP contribution in [0.2, 0.25) is 0 Å². The Morgan fingerprint density at radius 3 is 2.44 bits per heavy atom. The van der Waals surface area contributed by atoms with E-state index in [0.29, 0.717) is 17.9 Å². The lowest BCUT2D eigenvalue weighted by Gasteiger charge is -2.10. The summed E-state index contributed by atoms with van der Waals surface area (Å²) in [6.45, 7) is 0.551. The minimum absolute atomic E-state index is 0.0684. The van der Waals surface area contributed by atoms with E-state index >= 15 is 0 Å². The zero-order chi connectivity index (χ0) is 12.8. The maximum atomic E-state index is 9.94. The van der Waals surface area contributed by atoms with Crippen molar-refractivity contribution in [1.82, 2.24) is 0 Å². The first-order valence-corrected chi connectivity index (χ1v) is 5.60. The molecule has 2 rings (SSSR count). The SMILES string of the molecule is NOCc1cccc(OCc2ccccc2)c1O. The van der Waals surface area contributed by atoms with Crippen LogP contribution in [-0.2, 0) is 18.1 Å². The highest BCUT2D eigenvalue weighted by atomic mass is 16.6. The molecule has 94 valence electrons. The summed E-state index contributed by atoms with van der Waals surface area (Å²) in [6.07, 6.45) is 0. The van der Waals surface area contributed by atoms with Gasteiger partial charge in [0.15, 0.2) is 11.5 Å². The number of hydrogen-bond donors (Lipinski definition) is 2. The van der Waals surface area contributed by atoms with Crippen LogP contribution in [0, 0.1) is 0 Å². The molecule has 0 fully saturated rings. The summed E-state index contributed by atoms with van der Waals surface area (Å²) in [7, 11) is 0. The number of aromatic hydroxyl groups is 1. The van der Waals surface area contributed by atoms with E-state index in [1.54, 1.807) is 18.2 Å². The number of rotatable bonds is 5. The maximum Gasteiger partial charge on any atom is 0.163 e. The van der Waals surface area contributed by atoms with Crippen LogP contribution < -0.4 is 10.6 Å². The predicted molar refractivity (Wildman–Crippen MR) is 67.9 cm³/mol. The topological polar surface area (TPSA) is 64.7 Å². The Kier molecular flexibility index (Phi) is 4.17. The third kappa shape index (κ3) is 3.00. The van der Waals surface area contributed by atoms with Crippen LogP contribution in [0.3, 0.4) is 0 Å². The minimum atomic E-state index is 0.0684. The Labute approximate surface area is 106 Å². The van der Waals surface area contributed by atoms with Gasteiger partial charge in [-0.3, -0.25) is 4.84 Å². The highest BCUT2D eigenvalue weighted by Gasteiger charge is 2.08. The van der Waals surface area contributed by atoms with E-state index in [1.807, 2.05) is 30.3 Å². The van der Waals surface area contributed by atoms with Gasteiger partial charge in [0, 0.05) is 5.56 Å². The molecule has 0 saturated heterocycles. The normalized spacial score (nSPS) is 10.3. The van der Waals surface area contributed by atoms with Gasteiger partial charge in [0.05, 0.1) is 6.61 Å². The molecule has 0 aromatic heterocycles. The molecule has 18 heavy (non-hydrogen) atoms. The molecule has 0 heterocycles. The molecule has 0 aliphatic rings. The quantitative estimate of drug-likeness (QED) is 0.794. The summed E-state index contributed by atoms with van der Waals surface area (Å²) >= 11 is 0. The van der Waals surface area contributed by atoms with Crippen LogP contribution in [0.4, 0.5) is 0 Å². The van der Waals surface area contributed by atoms with Crippen molar-refractivity contribution in [3.05, 3.63) is 59.7 Å². The molecule has 0 spiro atoms. The number of para-hydroxylation sites is 1. The van der Waals surface area contributed by atoms with Gasteiger partial charge in [-0.1, -0.05) is 42.5 Å². The van der Waals surface area contributed by atoms with Crippen molar-refractivity contribution in [2.45, 2.75) is 13.2 Å². The molecule has 0 unspecified atom stereocenters. The molecule has 2 aromatic rings. The Morgan fingerprint density at radius 2 is 1.72 bits per heavy atom. The monoisotopic (exact) mass is 245 g/mol. The minimum Gasteiger partial charge on any atom is -0.504 e. The zero-order valence-corrected chi connectivity index (χ0v) is 9.87. The first-order valence-electron chi connectivity index (χ1n) is 5.60. The van der Waals surface area contributed by atoms with E-state index in [4.69, 9.17) is 10.6 Å². The van der Waals surface area contributed by atoms with Crippen LogP contribution in [0.5, 0.6) is 11.5 Å². The van der Waals surface area contributed by atoms with Crippen molar-refractivity contribution in [2.24, 2.45) is 5.90 Å². The van der Waals surface area contributed by atoms with Crippen molar-refractivity contribution >= 4 is 0 Å². The van der Waals surface area contributed by atoms with Gasteiger partial charge in [0.2, 0.25) is 0 Å². The second-order valence-electron chi connectivity index (χ2n) is 3.85. The molecule has 0 amide bonds. The molecule has 4 heteroatoms. The number of ether oxygens (including phenoxy) is 1. The molecule has 0 atom stereocenters. The first-order chi connectivity index (χ1) is 8.81. The number of benzene rings is 2. The Morgan fingerprint density at radius 1 is 0.944 bits per heavy atom. The summed E-state index contributed by atoms with van der Waals surface area (Å²) in [5, 5.41) is 9.94. The highest BCUT2D eigenvalue weighted by molar-refractivity contribution is 5.45. The first kappa shape index (κ1) is 12.4. The van der Waals surface area contributed by atoms with Crippen LogP contribution in [-0.4, -0.2) is 5.11 Å². The molecular weight excluding hydrogens is 230 g/mol. The molecule has 3 N–H and O–H groups in total. The van der Waals surface area contributed by atoms with Gasteiger partial charge >= 0.3 is 0 Å². The van der Waals surface area contributed by atoms with Crippen LogP contribution >= 0.6 is 0 Å². The summed E-state index contributed by atoms with van der Waals surface area (Å²) in [5.41, 5.74) is 1.64. The molecular formula is C14H15NO3. The van der Waals surface area contributed by atoms with E-state index in [-0.39, 0.29) is 12.4 Å². The van der Waals surface area contributed by atoms with E-state index in [9.17, 15) is 5.11 Å². The van der Waals surface area contributed by atoms with Gasteiger partial charge in [0.25, 0.3) is 0 Å². The van der Waals surface area contributed by atoms with Crippen molar-refractivity contribution in [3.63, 3.8) is 0 Å². The second kappa shape index (κ2) is 6.05. The fraction of sp³-hybridized carbons (Fsp3) is 0.143. The lowest BCUT2D eigenvalue weighted by Crippen LogP contribution is -2.01. The third-order valence-electron chi connectivity index (χ3n) is 2.56. The number of phenols is 1. The summed E-state index contributed by atoms with van der Waals surface area (Å²) in [6, 6.07) is 15.0. The Bertz CT molecular complexity index is 500. The summed E-state index contributed by atoms with van der Waals surface area (Å²) in [4.78, 5) is 4.51. The molecule has 0 saturated carbocycles. The van der Waals surface area contributed by atoms with Gasteiger partial charge in [-0.25, -0.2) is 5.90 Å². The van der Waals surface area contributed by atoms with Crippen LogP contribution in [0.15, 0.2) is 48.5 Å². The molecule has 4 nitrogen and oxygen atoms in total. The predicted octanol–water partition coefficient (Wildman–Crippen LogP) is 2.36. The number of phenolic OH excluding ortho intramolecular Hbond substituents is 1. The number of nitrogens with two attached hydrogens (primary N) is 1. The summed E-state index contributed by atoms with van der Waals surface area (Å²) < 4.78 is 5.56. The second-order valence-corrected chi connectivity index (χ2v) is 3.85. The smallest absolute Gasteiger partial charge is 0.163 e. The van der Waals surface area contributed by atoms with Gasteiger partial charge in [-0.05, 0) is 11.6 Å². The highest BCUT2D eigenvalue weighted by Crippen LogP contribution is 2.30. The van der Waals surface area contributed by atoms with Crippen molar-refractivity contribution in [3.8, 4) is 11.5 Å². The molecule has 0 aliphatic carbocycles. The standard InChI is InChI=1S/C14H15NO3/c15-18-10-12-7-4-8-13(14(12)16)17-9-11-5-2-1-3-6-11/h1-8,16H,9-10,15H2. The largest absolute Gasteiger partial charge is 0.504 e. The number of hydrogen-bond acceptors (Lipinski definition) is 4. The molecule has 0 radical (unpaired) electrons. The zero-order valence-electron chi connectivity index (χ0n) is 9.87. The van der Waals surface area contributed by atoms with E-state index in [1.165, 1.54) is 0 Å². The third-order valence-corrected chi connectivity index (χ3v) is 2.56. The van der Waals surface area contributed by atoms with Gasteiger partial charge in [-0.15, -0.1) is 0 Å². The maximum absolute atomic E-state index is 9.94.